The zero-order chi connectivity index (χ0) is 13.8. The molecule has 0 spiro atoms. The summed E-state index contributed by atoms with van der Waals surface area (Å²) >= 11 is 0. The number of carbonyl (C=O) groups excluding carboxylic acids is 1. The van der Waals surface area contributed by atoms with Crippen molar-refractivity contribution >= 4 is 23.7 Å². The van der Waals surface area contributed by atoms with Crippen LogP contribution in [0.4, 0.5) is 5.82 Å². The van der Waals surface area contributed by atoms with Crippen LogP contribution in [-0.4, -0.2) is 28.1 Å². The first-order valence-electron chi connectivity index (χ1n) is 5.13. The second kappa shape index (κ2) is 5.12. The van der Waals surface area contributed by atoms with Gasteiger partial charge in [-0.15, -0.1) is 5.10 Å². The number of nitrogens with zero attached hydrogens (tertiary/aromatic N) is 4. The number of anilines is 1. The molecule has 2 aromatic heterocycles. The third kappa shape index (κ3) is 2.83. The van der Waals surface area contributed by atoms with Crippen LogP contribution in [0.25, 0.3) is 0 Å². The molecule has 0 fully saturated rings. The highest BCUT2D eigenvalue weighted by Gasteiger charge is 2.10. The molecular weight excluding hydrogens is 252 g/mol. The van der Waals surface area contributed by atoms with Crippen molar-refractivity contribution in [1.29, 1.82) is 0 Å². The average molecular weight is 262 g/mol. The van der Waals surface area contributed by atoms with Crippen molar-refractivity contribution in [3.8, 4) is 0 Å². The molecule has 0 aliphatic carbocycles. The number of nitrogen functional groups attached to an aromatic ring is 1. The smallest absolute Gasteiger partial charge is 0.199 e. The number of furan rings is 1. The van der Waals surface area contributed by atoms with E-state index in [0.717, 1.165) is 0 Å². The Hall–Kier alpha value is -2.97. The van der Waals surface area contributed by atoms with Gasteiger partial charge in [0, 0.05) is 6.92 Å². The van der Waals surface area contributed by atoms with Gasteiger partial charge in [0.25, 0.3) is 0 Å². The van der Waals surface area contributed by atoms with Crippen molar-refractivity contribution in [2.24, 2.45) is 15.9 Å². The molecule has 19 heavy (non-hydrogen) atoms. The van der Waals surface area contributed by atoms with Gasteiger partial charge < -0.3 is 15.9 Å². The number of aromatic nitrogens is 2. The number of amidine groups is 1. The molecule has 2 heterocycles. The van der Waals surface area contributed by atoms with Crippen molar-refractivity contribution in [2.45, 2.75) is 6.92 Å². The second-order valence-corrected chi connectivity index (χ2v) is 3.49. The third-order valence-corrected chi connectivity index (χ3v) is 2.08. The van der Waals surface area contributed by atoms with E-state index in [2.05, 4.69) is 25.1 Å². The van der Waals surface area contributed by atoms with Crippen molar-refractivity contribution in [3.05, 3.63) is 29.3 Å². The van der Waals surface area contributed by atoms with Crippen LogP contribution < -0.4 is 11.5 Å². The van der Waals surface area contributed by atoms with Gasteiger partial charge in [-0.1, -0.05) is 0 Å². The summed E-state index contributed by atoms with van der Waals surface area (Å²) < 4.78 is 9.53. The predicted octanol–water partition coefficient (Wildman–Crippen LogP) is 0.187. The highest BCUT2D eigenvalue weighted by Crippen LogP contribution is 2.07. The Kier molecular flexibility index (Phi) is 3.37. The highest BCUT2D eigenvalue weighted by molar-refractivity contribution is 5.99. The molecule has 9 heteroatoms. The SMILES string of the molecule is CC(=O)c1ccc(/C=N\N=C(N)c2nonc2N)o1. The number of ketones is 1. The number of hydrogen-bond acceptors (Lipinski definition) is 8. The number of carbonyl (C=O) groups is 1. The van der Waals surface area contributed by atoms with E-state index in [1.54, 1.807) is 6.07 Å². The molecular formula is C10H10N6O3. The summed E-state index contributed by atoms with van der Waals surface area (Å²) in [5.41, 5.74) is 11.1. The monoisotopic (exact) mass is 262 g/mol. The van der Waals surface area contributed by atoms with E-state index in [9.17, 15) is 4.79 Å². The van der Waals surface area contributed by atoms with Gasteiger partial charge in [0.2, 0.25) is 0 Å². The van der Waals surface area contributed by atoms with Gasteiger partial charge in [-0.25, -0.2) is 4.63 Å². The van der Waals surface area contributed by atoms with Crippen molar-refractivity contribution < 1.29 is 13.8 Å². The minimum atomic E-state index is -0.177. The lowest BCUT2D eigenvalue weighted by atomic mass is 10.3. The first-order chi connectivity index (χ1) is 9.08. The maximum Gasteiger partial charge on any atom is 0.199 e. The molecule has 0 unspecified atom stereocenters. The van der Waals surface area contributed by atoms with Crippen LogP contribution in [0, 0.1) is 0 Å². The van der Waals surface area contributed by atoms with E-state index in [-0.39, 0.29) is 28.9 Å². The quantitative estimate of drug-likeness (QED) is 0.346. The maximum absolute atomic E-state index is 11.0. The summed E-state index contributed by atoms with van der Waals surface area (Å²) in [6, 6.07) is 3.12. The second-order valence-electron chi connectivity index (χ2n) is 3.49. The molecule has 0 bridgehead atoms. The van der Waals surface area contributed by atoms with Crippen LogP contribution in [0.1, 0.15) is 28.9 Å². The summed E-state index contributed by atoms with van der Waals surface area (Å²) in [4.78, 5) is 11.0. The van der Waals surface area contributed by atoms with Crippen molar-refractivity contribution in [2.75, 3.05) is 5.73 Å². The maximum atomic E-state index is 11.0. The Morgan fingerprint density at radius 2 is 2.21 bits per heavy atom. The molecule has 0 aliphatic rings. The first kappa shape index (κ1) is 12.5. The summed E-state index contributed by atoms with van der Waals surface area (Å²) in [7, 11) is 0. The summed E-state index contributed by atoms with van der Waals surface area (Å²) in [6.45, 7) is 1.40. The van der Waals surface area contributed by atoms with Gasteiger partial charge in [0.05, 0.1) is 6.21 Å². The molecule has 0 amide bonds. The average Bonchev–Trinajstić information content (AvgIpc) is 2.97. The molecule has 0 saturated carbocycles. The number of hydrogen-bond donors (Lipinski definition) is 2. The number of rotatable bonds is 4. The largest absolute Gasteiger partial charge is 0.452 e. The molecule has 0 radical (unpaired) electrons. The van der Waals surface area contributed by atoms with E-state index in [0.29, 0.717) is 5.76 Å². The van der Waals surface area contributed by atoms with Crippen LogP contribution in [-0.2, 0) is 0 Å². The molecule has 4 N–H and O–H groups in total. The topological polar surface area (TPSA) is 146 Å². The lowest BCUT2D eigenvalue weighted by Gasteiger charge is -1.90. The lowest BCUT2D eigenvalue weighted by Crippen LogP contribution is -2.15. The van der Waals surface area contributed by atoms with Gasteiger partial charge in [0.1, 0.15) is 5.76 Å². The van der Waals surface area contributed by atoms with E-state index in [1.165, 1.54) is 19.2 Å². The van der Waals surface area contributed by atoms with E-state index >= 15 is 0 Å². The lowest BCUT2D eigenvalue weighted by molar-refractivity contribution is 0.0987. The minimum absolute atomic E-state index is 0.0216. The Morgan fingerprint density at radius 1 is 1.42 bits per heavy atom. The summed E-state index contributed by atoms with van der Waals surface area (Å²) in [6.07, 6.45) is 1.29. The standard InChI is InChI=1S/C10H10N6O3/c1-5(17)7-3-2-6(18-7)4-13-14-9(11)8-10(12)16-19-15-8/h2-4H,1H3,(H2,11,14)(H2,12,16)/b13-4-. The van der Waals surface area contributed by atoms with Crippen LogP contribution in [0.15, 0.2) is 31.4 Å². The van der Waals surface area contributed by atoms with Gasteiger partial charge in [-0.3, -0.25) is 4.79 Å². The van der Waals surface area contributed by atoms with Crippen LogP contribution in [0.2, 0.25) is 0 Å². The molecule has 0 aromatic carbocycles. The Morgan fingerprint density at radius 3 is 2.79 bits per heavy atom. The fourth-order valence-electron chi connectivity index (χ4n) is 1.18. The van der Waals surface area contributed by atoms with E-state index in [1.807, 2.05) is 0 Å². The van der Waals surface area contributed by atoms with Crippen LogP contribution in [0.5, 0.6) is 0 Å². The van der Waals surface area contributed by atoms with Gasteiger partial charge >= 0.3 is 0 Å². The zero-order valence-electron chi connectivity index (χ0n) is 9.90. The molecule has 0 atom stereocenters. The predicted molar refractivity (Wildman–Crippen MR) is 65.7 cm³/mol. The van der Waals surface area contributed by atoms with Gasteiger partial charge in [0.15, 0.2) is 28.9 Å². The summed E-state index contributed by atoms with van der Waals surface area (Å²) in [5.74, 6) is 0.405. The molecule has 9 nitrogen and oxygen atoms in total. The van der Waals surface area contributed by atoms with E-state index in [4.69, 9.17) is 15.9 Å². The first-order valence-corrected chi connectivity index (χ1v) is 5.13. The Bertz CT molecular complexity index is 654. The fraction of sp³-hybridized carbons (Fsp3) is 0.100. The van der Waals surface area contributed by atoms with Crippen LogP contribution in [0.3, 0.4) is 0 Å². The Labute approximate surface area is 106 Å². The number of nitrogens with two attached hydrogens (primary N) is 2. The molecule has 98 valence electrons. The molecule has 2 rings (SSSR count). The minimum Gasteiger partial charge on any atom is -0.452 e. The van der Waals surface area contributed by atoms with E-state index < -0.39 is 0 Å². The molecule has 0 aliphatic heterocycles. The van der Waals surface area contributed by atoms with Crippen LogP contribution >= 0.6 is 0 Å². The zero-order valence-corrected chi connectivity index (χ0v) is 9.90. The fourth-order valence-corrected chi connectivity index (χ4v) is 1.18. The Balaban J connectivity index is 2.10. The summed E-state index contributed by atoms with van der Waals surface area (Å²) in [5, 5.41) is 14.1. The third-order valence-electron chi connectivity index (χ3n) is 2.08. The molecule has 0 saturated heterocycles. The van der Waals surface area contributed by atoms with Gasteiger partial charge in [-0.05, 0) is 22.4 Å². The number of Topliss-reactive ketones (excluding diaryl/α,β-unsaturated/α-hetero) is 1. The normalized spacial score (nSPS) is 12.2. The highest BCUT2D eigenvalue weighted by atomic mass is 16.6. The van der Waals surface area contributed by atoms with Crippen molar-refractivity contribution in [1.82, 2.24) is 10.3 Å². The van der Waals surface area contributed by atoms with Gasteiger partial charge in [-0.2, -0.15) is 5.10 Å². The molecule has 2 aromatic rings. The van der Waals surface area contributed by atoms with Crippen molar-refractivity contribution in [3.63, 3.8) is 0 Å².